The Morgan fingerprint density at radius 2 is 1.79 bits per heavy atom. The number of methoxy groups -OCH3 is 1. The molecule has 1 aromatic heterocycles. The molecule has 144 valence electrons. The standard InChI is InChI=1S/C22H20Cl2N2O2/c1-14-13-25-9-8-19(14)22(27)26(18-11-16(23)10-17(24)12-18)15(2)20-6-4-5-7-21(20)28-3/h4-13,15H,1-3H3/t15-/m0/s1. The molecule has 0 spiro atoms. The molecule has 0 aliphatic heterocycles. The van der Waals surface area contributed by atoms with Crippen LogP contribution in [-0.2, 0) is 0 Å². The number of hydrogen-bond acceptors (Lipinski definition) is 3. The van der Waals surface area contributed by atoms with E-state index in [9.17, 15) is 4.79 Å². The summed E-state index contributed by atoms with van der Waals surface area (Å²) >= 11 is 12.5. The Morgan fingerprint density at radius 1 is 1.11 bits per heavy atom. The fraction of sp³-hybridized carbons (Fsp3) is 0.182. The van der Waals surface area contributed by atoms with Gasteiger partial charge in [0.25, 0.3) is 5.91 Å². The summed E-state index contributed by atoms with van der Waals surface area (Å²) in [5.41, 5.74) is 2.84. The summed E-state index contributed by atoms with van der Waals surface area (Å²) in [4.78, 5) is 19.3. The summed E-state index contributed by atoms with van der Waals surface area (Å²) in [6, 6.07) is 14.1. The van der Waals surface area contributed by atoms with Crippen molar-refractivity contribution in [2.45, 2.75) is 19.9 Å². The van der Waals surface area contributed by atoms with Crippen molar-refractivity contribution in [2.24, 2.45) is 0 Å². The van der Waals surface area contributed by atoms with Crippen LogP contribution in [0.25, 0.3) is 0 Å². The third-order valence-corrected chi connectivity index (χ3v) is 5.01. The number of halogens is 2. The summed E-state index contributed by atoms with van der Waals surface area (Å²) in [7, 11) is 1.61. The van der Waals surface area contributed by atoms with E-state index in [1.165, 1.54) is 0 Å². The zero-order valence-electron chi connectivity index (χ0n) is 15.8. The number of amides is 1. The quantitative estimate of drug-likeness (QED) is 0.505. The number of pyridine rings is 1. The topological polar surface area (TPSA) is 42.4 Å². The second kappa shape index (κ2) is 8.63. The SMILES string of the molecule is COc1ccccc1[C@H](C)N(C(=O)c1ccncc1C)c1cc(Cl)cc(Cl)c1. The molecule has 0 saturated carbocycles. The summed E-state index contributed by atoms with van der Waals surface area (Å²) in [5, 5.41) is 0.915. The first kappa shape index (κ1) is 20.2. The molecule has 4 nitrogen and oxygen atoms in total. The van der Waals surface area contributed by atoms with E-state index in [1.807, 2.05) is 38.1 Å². The minimum Gasteiger partial charge on any atom is -0.496 e. The van der Waals surface area contributed by atoms with Gasteiger partial charge in [0.15, 0.2) is 0 Å². The highest BCUT2D eigenvalue weighted by molar-refractivity contribution is 6.35. The smallest absolute Gasteiger partial charge is 0.259 e. The van der Waals surface area contributed by atoms with Gasteiger partial charge in [0.2, 0.25) is 0 Å². The van der Waals surface area contributed by atoms with Gasteiger partial charge in [-0.2, -0.15) is 0 Å². The van der Waals surface area contributed by atoms with Gasteiger partial charge in [0, 0.05) is 39.3 Å². The number of anilines is 1. The molecule has 0 unspecified atom stereocenters. The van der Waals surface area contributed by atoms with Gasteiger partial charge >= 0.3 is 0 Å². The largest absolute Gasteiger partial charge is 0.496 e. The molecule has 2 aromatic carbocycles. The van der Waals surface area contributed by atoms with Crippen LogP contribution in [0.15, 0.2) is 60.9 Å². The van der Waals surface area contributed by atoms with Crippen molar-refractivity contribution in [3.8, 4) is 5.75 Å². The Morgan fingerprint density at radius 3 is 2.43 bits per heavy atom. The summed E-state index contributed by atoms with van der Waals surface area (Å²) in [6.07, 6.45) is 3.28. The van der Waals surface area contributed by atoms with Crippen LogP contribution in [0.5, 0.6) is 5.75 Å². The van der Waals surface area contributed by atoms with Crippen LogP contribution in [-0.4, -0.2) is 18.0 Å². The van der Waals surface area contributed by atoms with E-state index >= 15 is 0 Å². The van der Waals surface area contributed by atoms with Gasteiger partial charge in [-0.3, -0.25) is 9.78 Å². The number of aryl methyl sites for hydroxylation is 1. The lowest BCUT2D eigenvalue weighted by Gasteiger charge is -2.31. The normalized spacial score (nSPS) is 11.8. The second-order valence-corrected chi connectivity index (χ2v) is 7.28. The van der Waals surface area contributed by atoms with Gasteiger partial charge in [0.1, 0.15) is 5.75 Å². The van der Waals surface area contributed by atoms with Crippen molar-refractivity contribution in [3.63, 3.8) is 0 Å². The number of benzene rings is 2. The van der Waals surface area contributed by atoms with Gasteiger partial charge in [0.05, 0.1) is 13.2 Å². The van der Waals surface area contributed by atoms with Crippen LogP contribution >= 0.6 is 23.2 Å². The number of hydrogen-bond donors (Lipinski definition) is 0. The summed E-state index contributed by atoms with van der Waals surface area (Å²) < 4.78 is 5.51. The third kappa shape index (κ3) is 4.13. The fourth-order valence-corrected chi connectivity index (χ4v) is 3.70. The number of rotatable bonds is 5. The Kier molecular flexibility index (Phi) is 6.22. The second-order valence-electron chi connectivity index (χ2n) is 6.41. The third-order valence-electron chi connectivity index (χ3n) is 4.57. The summed E-state index contributed by atoms with van der Waals surface area (Å²) in [6.45, 7) is 3.80. The molecule has 0 saturated heterocycles. The Labute approximate surface area is 174 Å². The van der Waals surface area contributed by atoms with Crippen LogP contribution in [0.1, 0.15) is 34.5 Å². The molecule has 1 amide bonds. The van der Waals surface area contributed by atoms with E-state index in [1.54, 1.807) is 48.7 Å². The molecule has 1 heterocycles. The molecule has 6 heteroatoms. The molecule has 28 heavy (non-hydrogen) atoms. The minimum absolute atomic E-state index is 0.170. The zero-order valence-corrected chi connectivity index (χ0v) is 17.3. The number of carbonyl (C=O) groups is 1. The molecule has 0 N–H and O–H groups in total. The van der Waals surface area contributed by atoms with E-state index in [0.717, 1.165) is 11.1 Å². The van der Waals surface area contributed by atoms with Crippen LogP contribution in [0.3, 0.4) is 0 Å². The van der Waals surface area contributed by atoms with Gasteiger partial charge < -0.3 is 9.64 Å². The lowest BCUT2D eigenvalue weighted by atomic mass is 10.0. The van der Waals surface area contributed by atoms with Crippen molar-refractivity contribution >= 4 is 34.8 Å². The molecule has 0 bridgehead atoms. The summed E-state index contributed by atoms with van der Waals surface area (Å²) in [5.74, 6) is 0.531. The molecule has 0 radical (unpaired) electrons. The lowest BCUT2D eigenvalue weighted by molar-refractivity contribution is 0.0977. The van der Waals surface area contributed by atoms with E-state index in [-0.39, 0.29) is 11.9 Å². The molecular weight excluding hydrogens is 395 g/mol. The molecule has 0 aliphatic rings. The van der Waals surface area contributed by atoms with Gasteiger partial charge in [-0.15, -0.1) is 0 Å². The van der Waals surface area contributed by atoms with Gasteiger partial charge in [-0.25, -0.2) is 0 Å². The Bertz CT molecular complexity index is 987. The predicted molar refractivity (Wildman–Crippen MR) is 114 cm³/mol. The van der Waals surface area contributed by atoms with E-state index < -0.39 is 0 Å². The highest BCUT2D eigenvalue weighted by atomic mass is 35.5. The van der Waals surface area contributed by atoms with Crippen LogP contribution in [0, 0.1) is 6.92 Å². The first-order valence-corrected chi connectivity index (χ1v) is 9.51. The maximum absolute atomic E-state index is 13.6. The first-order valence-electron chi connectivity index (χ1n) is 8.75. The number of carbonyl (C=O) groups excluding carboxylic acids is 1. The predicted octanol–water partition coefficient (Wildman–Crippen LogP) is 6.11. The zero-order chi connectivity index (χ0) is 20.3. The molecule has 0 aliphatic carbocycles. The number of nitrogens with zero attached hydrogens (tertiary/aromatic N) is 2. The molecule has 1 atom stereocenters. The van der Waals surface area contributed by atoms with E-state index in [0.29, 0.717) is 27.0 Å². The fourth-order valence-electron chi connectivity index (χ4n) is 3.19. The Balaban J connectivity index is 2.16. The molecule has 0 fully saturated rings. The van der Waals surface area contributed by atoms with Crippen molar-refractivity contribution in [1.29, 1.82) is 0 Å². The Hall–Kier alpha value is -2.56. The van der Waals surface area contributed by atoms with Gasteiger partial charge in [-0.05, 0) is 49.7 Å². The average molecular weight is 415 g/mol. The minimum atomic E-state index is -0.328. The van der Waals surface area contributed by atoms with E-state index in [4.69, 9.17) is 27.9 Å². The number of para-hydroxylation sites is 1. The van der Waals surface area contributed by atoms with Crippen LogP contribution in [0.2, 0.25) is 10.0 Å². The highest BCUT2D eigenvalue weighted by Gasteiger charge is 2.28. The van der Waals surface area contributed by atoms with Crippen molar-refractivity contribution in [3.05, 3.63) is 87.7 Å². The van der Waals surface area contributed by atoms with Gasteiger partial charge in [-0.1, -0.05) is 41.4 Å². The molecule has 3 rings (SSSR count). The average Bonchev–Trinajstić information content (AvgIpc) is 2.67. The maximum Gasteiger partial charge on any atom is 0.259 e. The van der Waals surface area contributed by atoms with E-state index in [2.05, 4.69) is 4.98 Å². The first-order chi connectivity index (χ1) is 13.4. The van der Waals surface area contributed by atoms with Crippen molar-refractivity contribution in [2.75, 3.05) is 12.0 Å². The molecular formula is C22H20Cl2N2O2. The van der Waals surface area contributed by atoms with Crippen molar-refractivity contribution in [1.82, 2.24) is 4.98 Å². The monoisotopic (exact) mass is 414 g/mol. The lowest BCUT2D eigenvalue weighted by Crippen LogP contribution is -2.34. The van der Waals surface area contributed by atoms with Crippen molar-refractivity contribution < 1.29 is 9.53 Å². The maximum atomic E-state index is 13.6. The number of aromatic nitrogens is 1. The highest BCUT2D eigenvalue weighted by Crippen LogP contribution is 2.36. The molecule has 3 aromatic rings. The number of ether oxygens (including phenoxy) is 1. The van der Waals surface area contributed by atoms with Crippen LogP contribution < -0.4 is 9.64 Å². The van der Waals surface area contributed by atoms with Crippen LogP contribution in [0.4, 0.5) is 5.69 Å².